The number of nitrogens with one attached hydrogen (secondary N) is 3. The summed E-state index contributed by atoms with van der Waals surface area (Å²) in [4.78, 5) is 16.2. The standard InChI is InChI=1S/C20H26N4O/c1-4-22-20(24-14-18-8-6-5-7-15(18)2)23-13-16-9-11-17(12-10-16)19(25)21-3/h5-12H,4,13-14H2,1-3H3,(H,21,25)(H2,22,23,24). The molecule has 2 aromatic rings. The van der Waals surface area contributed by atoms with E-state index in [1.165, 1.54) is 11.1 Å². The predicted molar refractivity (Wildman–Crippen MR) is 103 cm³/mol. The van der Waals surface area contributed by atoms with Gasteiger partial charge in [0.05, 0.1) is 6.54 Å². The lowest BCUT2D eigenvalue weighted by Gasteiger charge is -2.12. The van der Waals surface area contributed by atoms with Crippen LogP contribution in [0, 0.1) is 6.92 Å². The molecule has 5 nitrogen and oxygen atoms in total. The Labute approximate surface area is 149 Å². The van der Waals surface area contributed by atoms with Crippen molar-refractivity contribution in [2.75, 3.05) is 13.6 Å². The molecular formula is C20H26N4O. The summed E-state index contributed by atoms with van der Waals surface area (Å²) in [6, 6.07) is 15.8. The van der Waals surface area contributed by atoms with Crippen LogP contribution in [0.3, 0.4) is 0 Å². The number of carbonyl (C=O) groups is 1. The number of carbonyl (C=O) groups excluding carboxylic acids is 1. The van der Waals surface area contributed by atoms with E-state index in [0.717, 1.165) is 24.6 Å². The van der Waals surface area contributed by atoms with Gasteiger partial charge in [0, 0.05) is 25.7 Å². The molecule has 0 atom stereocenters. The van der Waals surface area contributed by atoms with Crippen LogP contribution in [0.15, 0.2) is 53.5 Å². The van der Waals surface area contributed by atoms with E-state index in [-0.39, 0.29) is 5.91 Å². The number of benzene rings is 2. The van der Waals surface area contributed by atoms with E-state index in [2.05, 4.69) is 40.0 Å². The summed E-state index contributed by atoms with van der Waals surface area (Å²) in [5.74, 6) is 0.699. The Morgan fingerprint density at radius 1 is 1.04 bits per heavy atom. The number of hydrogen-bond donors (Lipinski definition) is 3. The lowest BCUT2D eigenvalue weighted by atomic mass is 10.1. The van der Waals surface area contributed by atoms with E-state index >= 15 is 0 Å². The average Bonchev–Trinajstić information content (AvgIpc) is 2.65. The van der Waals surface area contributed by atoms with Gasteiger partial charge in [-0.1, -0.05) is 36.4 Å². The minimum absolute atomic E-state index is 0.0803. The summed E-state index contributed by atoms with van der Waals surface area (Å²) in [5, 5.41) is 9.24. The van der Waals surface area contributed by atoms with Crippen LogP contribution >= 0.6 is 0 Å². The van der Waals surface area contributed by atoms with Gasteiger partial charge >= 0.3 is 0 Å². The molecule has 25 heavy (non-hydrogen) atoms. The van der Waals surface area contributed by atoms with Gasteiger partial charge in [0.1, 0.15) is 0 Å². The number of hydrogen-bond acceptors (Lipinski definition) is 2. The summed E-state index contributed by atoms with van der Waals surface area (Å²) in [5.41, 5.74) is 4.22. The number of nitrogens with zero attached hydrogens (tertiary/aromatic N) is 1. The second kappa shape index (κ2) is 9.47. The van der Waals surface area contributed by atoms with Crippen molar-refractivity contribution in [3.8, 4) is 0 Å². The Morgan fingerprint density at radius 2 is 1.76 bits per heavy atom. The van der Waals surface area contributed by atoms with Gasteiger partial charge in [-0.15, -0.1) is 0 Å². The molecule has 0 unspecified atom stereocenters. The van der Waals surface area contributed by atoms with Crippen molar-refractivity contribution in [2.45, 2.75) is 26.9 Å². The Morgan fingerprint density at radius 3 is 2.40 bits per heavy atom. The fourth-order valence-electron chi connectivity index (χ4n) is 2.41. The molecule has 132 valence electrons. The molecule has 1 amide bonds. The largest absolute Gasteiger partial charge is 0.357 e. The second-order valence-corrected chi connectivity index (χ2v) is 5.75. The smallest absolute Gasteiger partial charge is 0.251 e. The maximum absolute atomic E-state index is 11.6. The maximum atomic E-state index is 11.6. The SMILES string of the molecule is CCNC(=NCc1ccc(C(=O)NC)cc1)NCc1ccccc1C. The first-order valence-corrected chi connectivity index (χ1v) is 8.51. The number of amides is 1. The van der Waals surface area contributed by atoms with Gasteiger partial charge in [0.2, 0.25) is 0 Å². The number of guanidine groups is 1. The lowest BCUT2D eigenvalue weighted by molar-refractivity contribution is 0.0963. The minimum Gasteiger partial charge on any atom is -0.357 e. The van der Waals surface area contributed by atoms with Crippen LogP contribution in [-0.2, 0) is 13.1 Å². The Hall–Kier alpha value is -2.82. The van der Waals surface area contributed by atoms with E-state index in [9.17, 15) is 4.79 Å². The van der Waals surface area contributed by atoms with E-state index in [4.69, 9.17) is 0 Å². The maximum Gasteiger partial charge on any atom is 0.251 e. The molecule has 0 spiro atoms. The van der Waals surface area contributed by atoms with E-state index in [0.29, 0.717) is 12.1 Å². The van der Waals surface area contributed by atoms with Crippen molar-refractivity contribution >= 4 is 11.9 Å². The third kappa shape index (κ3) is 5.64. The molecule has 2 rings (SSSR count). The first-order chi connectivity index (χ1) is 12.1. The topological polar surface area (TPSA) is 65.5 Å². The molecule has 0 aromatic heterocycles. The second-order valence-electron chi connectivity index (χ2n) is 5.75. The van der Waals surface area contributed by atoms with Crippen LogP contribution in [0.5, 0.6) is 0 Å². The Kier molecular flexibility index (Phi) is 7.01. The highest BCUT2D eigenvalue weighted by Gasteiger charge is 2.03. The van der Waals surface area contributed by atoms with Gasteiger partial charge in [-0.3, -0.25) is 4.79 Å². The molecule has 0 fully saturated rings. The average molecular weight is 338 g/mol. The van der Waals surface area contributed by atoms with Gasteiger partial charge in [0.25, 0.3) is 5.91 Å². The van der Waals surface area contributed by atoms with Crippen molar-refractivity contribution in [2.24, 2.45) is 4.99 Å². The van der Waals surface area contributed by atoms with Gasteiger partial charge < -0.3 is 16.0 Å². The zero-order valence-electron chi connectivity index (χ0n) is 15.1. The molecule has 0 saturated heterocycles. The molecule has 0 aliphatic carbocycles. The molecule has 0 heterocycles. The van der Waals surface area contributed by atoms with Crippen molar-refractivity contribution in [3.05, 3.63) is 70.8 Å². The third-order valence-corrected chi connectivity index (χ3v) is 3.91. The normalized spacial score (nSPS) is 11.1. The van der Waals surface area contributed by atoms with E-state index < -0.39 is 0 Å². The molecular weight excluding hydrogens is 312 g/mol. The summed E-state index contributed by atoms with van der Waals surface area (Å²) < 4.78 is 0. The van der Waals surface area contributed by atoms with E-state index in [1.807, 2.05) is 43.3 Å². The molecule has 5 heteroatoms. The van der Waals surface area contributed by atoms with Crippen molar-refractivity contribution in [1.82, 2.24) is 16.0 Å². The Balaban J connectivity index is 1.99. The monoisotopic (exact) mass is 338 g/mol. The number of rotatable bonds is 6. The minimum atomic E-state index is -0.0803. The lowest BCUT2D eigenvalue weighted by Crippen LogP contribution is -2.36. The van der Waals surface area contributed by atoms with Gasteiger partial charge in [-0.25, -0.2) is 4.99 Å². The first kappa shape index (κ1) is 18.5. The first-order valence-electron chi connectivity index (χ1n) is 8.51. The summed E-state index contributed by atoms with van der Waals surface area (Å²) in [6.07, 6.45) is 0. The van der Waals surface area contributed by atoms with Crippen LogP contribution in [-0.4, -0.2) is 25.5 Å². The zero-order valence-corrected chi connectivity index (χ0v) is 15.1. The van der Waals surface area contributed by atoms with Crippen LogP contribution < -0.4 is 16.0 Å². The van der Waals surface area contributed by atoms with Crippen LogP contribution in [0.4, 0.5) is 0 Å². The molecule has 3 N–H and O–H groups in total. The predicted octanol–water partition coefficient (Wildman–Crippen LogP) is 2.61. The van der Waals surface area contributed by atoms with Gasteiger partial charge in [-0.05, 0) is 42.7 Å². The highest BCUT2D eigenvalue weighted by atomic mass is 16.1. The molecule has 2 aromatic carbocycles. The van der Waals surface area contributed by atoms with Crippen LogP contribution in [0.25, 0.3) is 0 Å². The third-order valence-electron chi connectivity index (χ3n) is 3.91. The molecule has 0 aliphatic heterocycles. The quantitative estimate of drug-likeness (QED) is 0.560. The molecule has 0 radical (unpaired) electrons. The summed E-state index contributed by atoms with van der Waals surface area (Å²) in [6.45, 7) is 6.23. The number of aryl methyl sites for hydroxylation is 1. The fourth-order valence-corrected chi connectivity index (χ4v) is 2.41. The zero-order chi connectivity index (χ0) is 18.1. The van der Waals surface area contributed by atoms with Gasteiger partial charge in [-0.2, -0.15) is 0 Å². The Bertz CT molecular complexity index is 723. The van der Waals surface area contributed by atoms with Crippen molar-refractivity contribution in [1.29, 1.82) is 0 Å². The van der Waals surface area contributed by atoms with Gasteiger partial charge in [0.15, 0.2) is 5.96 Å². The fraction of sp³-hybridized carbons (Fsp3) is 0.300. The van der Waals surface area contributed by atoms with Crippen LogP contribution in [0.2, 0.25) is 0 Å². The number of aliphatic imine (C=N–C) groups is 1. The summed E-state index contributed by atoms with van der Waals surface area (Å²) in [7, 11) is 1.63. The van der Waals surface area contributed by atoms with Crippen molar-refractivity contribution in [3.63, 3.8) is 0 Å². The highest BCUT2D eigenvalue weighted by molar-refractivity contribution is 5.93. The van der Waals surface area contributed by atoms with E-state index in [1.54, 1.807) is 7.05 Å². The highest BCUT2D eigenvalue weighted by Crippen LogP contribution is 2.07. The van der Waals surface area contributed by atoms with Crippen LogP contribution in [0.1, 0.15) is 34.0 Å². The van der Waals surface area contributed by atoms with Crippen molar-refractivity contribution < 1.29 is 4.79 Å². The molecule has 0 saturated carbocycles. The summed E-state index contributed by atoms with van der Waals surface area (Å²) >= 11 is 0. The molecule has 0 aliphatic rings. The molecule has 0 bridgehead atoms.